The molecule has 1 unspecified atom stereocenters. The molecular weight excluding hydrogens is 308 g/mol. The van der Waals surface area contributed by atoms with Gasteiger partial charge >= 0.3 is 0 Å². The highest BCUT2D eigenvalue weighted by atomic mass is 32.2. The fraction of sp³-hybridized carbons (Fsp3) is 0.667. The lowest BCUT2D eigenvalue weighted by Gasteiger charge is -2.22. The topological polar surface area (TPSA) is 42.4 Å². The summed E-state index contributed by atoms with van der Waals surface area (Å²) in [6, 6.07) is 3.60. The normalized spacial score (nSPS) is 17.2. The Morgan fingerprint density at radius 2 is 2.09 bits per heavy atom. The van der Waals surface area contributed by atoms with Crippen LogP contribution in [0.5, 0.6) is 5.88 Å². The van der Waals surface area contributed by atoms with Crippen molar-refractivity contribution in [3.05, 3.63) is 23.9 Å². The van der Waals surface area contributed by atoms with Gasteiger partial charge in [-0.05, 0) is 31.1 Å². The summed E-state index contributed by atoms with van der Waals surface area (Å²) < 4.78 is 5.91. The van der Waals surface area contributed by atoms with Gasteiger partial charge in [0.1, 0.15) is 6.10 Å². The van der Waals surface area contributed by atoms with E-state index in [1.165, 1.54) is 0 Å². The fourth-order valence-corrected chi connectivity index (χ4v) is 3.67. The molecule has 23 heavy (non-hydrogen) atoms. The molecule has 1 saturated heterocycles. The summed E-state index contributed by atoms with van der Waals surface area (Å²) in [5, 5.41) is 0. The third-order valence-electron chi connectivity index (χ3n) is 4.01. The standard InChI is InChI=1S/C18H28N2O2S/c1-3-5-10-20(11-6-4-2)18(21)15-7-9-19-17(13-15)22-16-8-12-23-14-16/h7,9,13,16H,3-6,8,10-12,14H2,1-2H3. The van der Waals surface area contributed by atoms with Gasteiger partial charge in [0.15, 0.2) is 0 Å². The van der Waals surface area contributed by atoms with Gasteiger partial charge in [0.05, 0.1) is 0 Å². The minimum absolute atomic E-state index is 0.0972. The molecule has 128 valence electrons. The van der Waals surface area contributed by atoms with Crippen molar-refractivity contribution in [1.29, 1.82) is 0 Å². The number of carbonyl (C=O) groups is 1. The zero-order valence-corrected chi connectivity index (χ0v) is 15.1. The number of aromatic nitrogens is 1. The summed E-state index contributed by atoms with van der Waals surface area (Å²) in [5.41, 5.74) is 0.688. The second-order valence-corrected chi connectivity index (χ2v) is 7.14. The maximum absolute atomic E-state index is 12.8. The van der Waals surface area contributed by atoms with Gasteiger partial charge in [-0.3, -0.25) is 4.79 Å². The van der Waals surface area contributed by atoms with Crippen molar-refractivity contribution in [2.75, 3.05) is 24.6 Å². The van der Waals surface area contributed by atoms with E-state index in [2.05, 4.69) is 18.8 Å². The number of ether oxygens (including phenoxy) is 1. The van der Waals surface area contributed by atoms with E-state index in [1.807, 2.05) is 16.7 Å². The minimum Gasteiger partial charge on any atom is -0.473 e. The molecule has 1 amide bonds. The second-order valence-electron chi connectivity index (χ2n) is 5.99. The summed E-state index contributed by atoms with van der Waals surface area (Å²) in [4.78, 5) is 19.0. The second kappa shape index (κ2) is 9.81. The molecule has 0 aliphatic carbocycles. The van der Waals surface area contributed by atoms with Crippen LogP contribution < -0.4 is 4.74 Å². The van der Waals surface area contributed by atoms with E-state index >= 15 is 0 Å². The number of amides is 1. The lowest BCUT2D eigenvalue weighted by Crippen LogP contribution is -2.33. The van der Waals surface area contributed by atoms with Gasteiger partial charge < -0.3 is 9.64 Å². The first-order valence-corrected chi connectivity index (χ1v) is 9.89. The zero-order chi connectivity index (χ0) is 16.5. The number of unbranched alkanes of at least 4 members (excludes halogenated alkanes) is 2. The van der Waals surface area contributed by atoms with Crippen LogP contribution in [-0.2, 0) is 0 Å². The Labute approximate surface area is 144 Å². The SMILES string of the molecule is CCCCN(CCCC)C(=O)c1ccnc(OC2CCSC2)c1. The molecular formula is C18H28N2O2S. The van der Waals surface area contributed by atoms with Crippen molar-refractivity contribution in [2.45, 2.75) is 52.1 Å². The highest BCUT2D eigenvalue weighted by Gasteiger charge is 2.19. The molecule has 5 heteroatoms. The molecule has 1 aliphatic heterocycles. The third kappa shape index (κ3) is 5.72. The predicted octanol–water partition coefficient (Wildman–Crippen LogP) is 4.01. The highest BCUT2D eigenvalue weighted by molar-refractivity contribution is 7.99. The monoisotopic (exact) mass is 336 g/mol. The Bertz CT molecular complexity index is 482. The molecule has 0 bridgehead atoms. The van der Waals surface area contributed by atoms with Crippen LogP contribution in [0, 0.1) is 0 Å². The zero-order valence-electron chi connectivity index (χ0n) is 14.3. The highest BCUT2D eigenvalue weighted by Crippen LogP contribution is 2.22. The van der Waals surface area contributed by atoms with Crippen molar-refractivity contribution >= 4 is 17.7 Å². The Kier molecular flexibility index (Phi) is 7.72. The van der Waals surface area contributed by atoms with Gasteiger partial charge in [0.2, 0.25) is 5.88 Å². The summed E-state index contributed by atoms with van der Waals surface area (Å²) in [7, 11) is 0. The van der Waals surface area contributed by atoms with E-state index in [0.29, 0.717) is 11.4 Å². The number of hydrogen-bond acceptors (Lipinski definition) is 4. The lowest BCUT2D eigenvalue weighted by atomic mass is 10.2. The predicted molar refractivity (Wildman–Crippen MR) is 96.3 cm³/mol. The fourth-order valence-electron chi connectivity index (χ4n) is 2.58. The van der Waals surface area contributed by atoms with Gasteiger partial charge in [-0.1, -0.05) is 26.7 Å². The van der Waals surface area contributed by atoms with Gasteiger partial charge in [0.25, 0.3) is 5.91 Å². The number of hydrogen-bond donors (Lipinski definition) is 0. The van der Waals surface area contributed by atoms with Crippen LogP contribution in [0.15, 0.2) is 18.3 Å². The van der Waals surface area contributed by atoms with Gasteiger partial charge in [0, 0.05) is 36.7 Å². The number of rotatable bonds is 9. The van der Waals surface area contributed by atoms with Crippen LogP contribution in [0.25, 0.3) is 0 Å². The van der Waals surface area contributed by atoms with Crippen LogP contribution in [-0.4, -0.2) is 46.5 Å². The summed E-state index contributed by atoms with van der Waals surface area (Å²) in [5.74, 6) is 2.83. The van der Waals surface area contributed by atoms with Crippen molar-refractivity contribution in [2.24, 2.45) is 0 Å². The minimum atomic E-state index is 0.0972. The first-order chi connectivity index (χ1) is 11.2. The molecule has 1 aliphatic rings. The Balaban J connectivity index is 2.02. The molecule has 1 aromatic heterocycles. The Morgan fingerprint density at radius 1 is 1.35 bits per heavy atom. The van der Waals surface area contributed by atoms with Crippen LogP contribution in [0.4, 0.5) is 0 Å². The average molecular weight is 337 g/mol. The Hall–Kier alpha value is -1.23. The maximum Gasteiger partial charge on any atom is 0.254 e. The molecule has 0 spiro atoms. The van der Waals surface area contributed by atoms with E-state index in [0.717, 1.165) is 56.7 Å². The van der Waals surface area contributed by atoms with Crippen molar-refractivity contribution in [3.8, 4) is 5.88 Å². The van der Waals surface area contributed by atoms with Gasteiger partial charge in [-0.15, -0.1) is 0 Å². The summed E-state index contributed by atoms with van der Waals surface area (Å²) >= 11 is 1.91. The first-order valence-electron chi connectivity index (χ1n) is 8.74. The van der Waals surface area contributed by atoms with Crippen LogP contribution in [0.3, 0.4) is 0 Å². The van der Waals surface area contributed by atoms with Crippen LogP contribution in [0.1, 0.15) is 56.3 Å². The van der Waals surface area contributed by atoms with E-state index in [9.17, 15) is 4.79 Å². The van der Waals surface area contributed by atoms with E-state index in [-0.39, 0.29) is 12.0 Å². The molecule has 0 aromatic carbocycles. The summed E-state index contributed by atoms with van der Waals surface area (Å²) in [6.07, 6.45) is 7.26. The smallest absolute Gasteiger partial charge is 0.254 e. The van der Waals surface area contributed by atoms with Crippen molar-refractivity contribution in [1.82, 2.24) is 9.88 Å². The van der Waals surface area contributed by atoms with Crippen LogP contribution >= 0.6 is 11.8 Å². The van der Waals surface area contributed by atoms with E-state index < -0.39 is 0 Å². The van der Waals surface area contributed by atoms with Gasteiger partial charge in [-0.2, -0.15) is 11.8 Å². The van der Waals surface area contributed by atoms with Crippen molar-refractivity contribution < 1.29 is 9.53 Å². The molecule has 1 atom stereocenters. The number of pyridine rings is 1. The average Bonchev–Trinajstić information content (AvgIpc) is 3.08. The molecule has 4 nitrogen and oxygen atoms in total. The van der Waals surface area contributed by atoms with Gasteiger partial charge in [-0.25, -0.2) is 4.98 Å². The van der Waals surface area contributed by atoms with Crippen LogP contribution in [0.2, 0.25) is 0 Å². The van der Waals surface area contributed by atoms with E-state index in [4.69, 9.17) is 4.74 Å². The van der Waals surface area contributed by atoms with E-state index in [1.54, 1.807) is 18.3 Å². The molecule has 1 fully saturated rings. The van der Waals surface area contributed by atoms with Crippen molar-refractivity contribution in [3.63, 3.8) is 0 Å². The Morgan fingerprint density at radius 3 is 2.70 bits per heavy atom. The summed E-state index contributed by atoms with van der Waals surface area (Å²) in [6.45, 7) is 5.96. The maximum atomic E-state index is 12.8. The quantitative estimate of drug-likeness (QED) is 0.683. The molecule has 2 rings (SSSR count). The first kappa shape index (κ1) is 18.1. The third-order valence-corrected chi connectivity index (χ3v) is 5.14. The molecule has 2 heterocycles. The molecule has 0 N–H and O–H groups in total. The largest absolute Gasteiger partial charge is 0.473 e. The molecule has 1 aromatic rings. The molecule has 0 saturated carbocycles. The molecule has 0 radical (unpaired) electrons. The number of carbonyl (C=O) groups excluding carboxylic acids is 1. The lowest BCUT2D eigenvalue weighted by molar-refractivity contribution is 0.0750. The number of nitrogens with zero attached hydrogens (tertiary/aromatic N) is 2. The number of thioether (sulfide) groups is 1.